The number of rotatable bonds is 6. The van der Waals surface area contributed by atoms with Crippen molar-refractivity contribution in [1.29, 1.82) is 0 Å². The second-order valence-corrected chi connectivity index (χ2v) is 10.3. The maximum atomic E-state index is 13.1. The topological polar surface area (TPSA) is 66.5 Å². The molecule has 2 N–H and O–H groups in total. The van der Waals surface area contributed by atoms with Gasteiger partial charge in [-0.05, 0) is 57.4 Å². The largest absolute Gasteiger partial charge is 0.465 e. The van der Waals surface area contributed by atoms with Gasteiger partial charge in [-0.3, -0.25) is 0 Å². The lowest BCUT2D eigenvalue weighted by atomic mass is 9.98. The average molecular weight is 481 g/mol. The van der Waals surface area contributed by atoms with Crippen LogP contribution in [0.2, 0.25) is 5.02 Å². The van der Waals surface area contributed by atoms with Crippen molar-refractivity contribution in [2.45, 2.75) is 51.7 Å². The van der Waals surface area contributed by atoms with E-state index in [1.54, 1.807) is 0 Å². The first-order valence-electron chi connectivity index (χ1n) is 11.8. The van der Waals surface area contributed by atoms with Crippen molar-refractivity contribution in [2.75, 3.05) is 30.4 Å². The highest BCUT2D eigenvalue weighted by Crippen LogP contribution is 2.36. The van der Waals surface area contributed by atoms with E-state index in [2.05, 4.69) is 36.3 Å². The summed E-state index contributed by atoms with van der Waals surface area (Å²) >= 11 is 6.03. The van der Waals surface area contributed by atoms with Crippen LogP contribution in [0.15, 0.2) is 48.5 Å². The predicted octanol–water partition coefficient (Wildman–Crippen LogP) is 5.64. The molecule has 0 unspecified atom stereocenters. The fourth-order valence-electron chi connectivity index (χ4n) is 4.59. The smallest absolute Gasteiger partial charge is 0.343 e. The van der Waals surface area contributed by atoms with Crippen LogP contribution in [0, 0.1) is 0 Å². The van der Waals surface area contributed by atoms with E-state index < -0.39 is 0 Å². The summed E-state index contributed by atoms with van der Waals surface area (Å²) in [4.78, 5) is 20.2. The number of nitrogens with zero attached hydrogens (tertiary/aromatic N) is 2. The van der Waals surface area contributed by atoms with Gasteiger partial charge >= 0.3 is 5.97 Å². The van der Waals surface area contributed by atoms with Crippen molar-refractivity contribution in [2.24, 2.45) is 0 Å². The van der Waals surface area contributed by atoms with Crippen LogP contribution in [0.5, 0.6) is 0 Å². The molecule has 1 aliphatic rings. The zero-order valence-corrected chi connectivity index (χ0v) is 21.1. The summed E-state index contributed by atoms with van der Waals surface area (Å²) in [5.41, 5.74) is 3.35. The van der Waals surface area contributed by atoms with Gasteiger partial charge in [0.15, 0.2) is 0 Å². The number of hydrogen-bond donors (Lipinski definition) is 2. The van der Waals surface area contributed by atoms with Crippen LogP contribution < -0.4 is 15.5 Å². The number of aromatic nitrogens is 1. The van der Waals surface area contributed by atoms with Crippen molar-refractivity contribution in [3.8, 4) is 0 Å². The molecule has 0 atom stereocenters. The van der Waals surface area contributed by atoms with Gasteiger partial charge in [-0.1, -0.05) is 41.9 Å². The number of para-hydroxylation sites is 1. The fraction of sp³-hybridized carbons (Fsp3) is 0.407. The number of fused-ring (bicyclic) bond motifs is 1. The molecule has 1 aromatic heterocycles. The van der Waals surface area contributed by atoms with Crippen LogP contribution in [0.25, 0.3) is 10.9 Å². The third-order valence-electron chi connectivity index (χ3n) is 6.08. The molecule has 0 amide bonds. The van der Waals surface area contributed by atoms with Gasteiger partial charge in [0.1, 0.15) is 11.4 Å². The summed E-state index contributed by atoms with van der Waals surface area (Å²) < 4.78 is 5.24. The van der Waals surface area contributed by atoms with Crippen LogP contribution in [0.1, 0.15) is 49.5 Å². The highest BCUT2D eigenvalue weighted by Gasteiger charge is 2.29. The van der Waals surface area contributed by atoms with Gasteiger partial charge in [-0.2, -0.15) is 0 Å². The molecule has 7 heteroatoms. The Labute approximate surface area is 206 Å². The van der Waals surface area contributed by atoms with Gasteiger partial charge in [0.05, 0.1) is 18.3 Å². The Kier molecular flexibility index (Phi) is 7.29. The molecule has 180 valence electrons. The fourth-order valence-corrected chi connectivity index (χ4v) is 4.72. The Hall–Kier alpha value is -2.83. The Morgan fingerprint density at radius 3 is 2.44 bits per heavy atom. The van der Waals surface area contributed by atoms with Crippen molar-refractivity contribution in [3.63, 3.8) is 0 Å². The molecule has 34 heavy (non-hydrogen) atoms. The molecule has 6 nitrogen and oxygen atoms in total. The molecule has 1 aliphatic heterocycles. The predicted molar refractivity (Wildman–Crippen MR) is 140 cm³/mol. The normalized spacial score (nSPS) is 14.9. The molecule has 0 bridgehead atoms. The molecule has 2 heterocycles. The summed E-state index contributed by atoms with van der Waals surface area (Å²) in [7, 11) is 1.42. The molecular weight excluding hydrogens is 448 g/mol. The monoisotopic (exact) mass is 480 g/mol. The number of anilines is 2. The molecule has 0 radical (unpaired) electrons. The lowest BCUT2D eigenvalue weighted by Gasteiger charge is -2.38. The van der Waals surface area contributed by atoms with Gasteiger partial charge in [0.2, 0.25) is 0 Å². The Bertz CT molecular complexity index is 1150. The summed E-state index contributed by atoms with van der Waals surface area (Å²) in [5.74, 6) is 0.146. The standard InChI is InChI=1S/C27H33ClN4O2/c1-27(2,3)31-20-13-15-32(16-14-20)24-21-7-5-6-8-22(21)30-25(23(24)26(33)34-4)29-17-18-9-11-19(28)12-10-18/h5-12,20,31H,13-17H2,1-4H3,(H,29,30). The minimum Gasteiger partial charge on any atom is -0.465 e. The van der Waals surface area contributed by atoms with Crippen LogP contribution in [0.4, 0.5) is 11.5 Å². The number of pyridine rings is 1. The van der Waals surface area contributed by atoms with E-state index in [-0.39, 0.29) is 11.5 Å². The Morgan fingerprint density at radius 2 is 1.79 bits per heavy atom. The van der Waals surface area contributed by atoms with E-state index in [9.17, 15) is 4.79 Å². The first-order chi connectivity index (χ1) is 16.2. The number of piperidine rings is 1. The van der Waals surface area contributed by atoms with E-state index in [0.717, 1.165) is 48.1 Å². The summed E-state index contributed by atoms with van der Waals surface area (Å²) in [6.45, 7) is 8.81. The van der Waals surface area contributed by atoms with Crippen LogP contribution in [-0.2, 0) is 11.3 Å². The van der Waals surface area contributed by atoms with E-state index in [0.29, 0.717) is 29.0 Å². The van der Waals surface area contributed by atoms with Crippen molar-refractivity contribution in [3.05, 3.63) is 64.7 Å². The SMILES string of the molecule is COC(=O)c1c(NCc2ccc(Cl)cc2)nc2ccccc2c1N1CCC(NC(C)(C)C)CC1. The molecule has 0 spiro atoms. The minimum absolute atomic E-state index is 0.0755. The van der Waals surface area contributed by atoms with Gasteiger partial charge in [0, 0.05) is 41.6 Å². The van der Waals surface area contributed by atoms with Gasteiger partial charge < -0.3 is 20.3 Å². The molecule has 1 saturated heterocycles. The first-order valence-corrected chi connectivity index (χ1v) is 12.1. The lowest BCUT2D eigenvalue weighted by molar-refractivity contribution is 0.0602. The number of nitrogens with one attached hydrogen (secondary N) is 2. The van der Waals surface area contributed by atoms with Gasteiger partial charge in [-0.25, -0.2) is 9.78 Å². The highest BCUT2D eigenvalue weighted by molar-refractivity contribution is 6.30. The lowest BCUT2D eigenvalue weighted by Crippen LogP contribution is -2.49. The van der Waals surface area contributed by atoms with Gasteiger partial charge in [-0.15, -0.1) is 0 Å². The third kappa shape index (κ3) is 5.62. The van der Waals surface area contributed by atoms with E-state index in [4.69, 9.17) is 21.3 Å². The second kappa shape index (κ2) is 10.2. The van der Waals surface area contributed by atoms with E-state index >= 15 is 0 Å². The van der Waals surface area contributed by atoms with Crippen molar-refractivity contribution in [1.82, 2.24) is 10.3 Å². The summed E-state index contributed by atoms with van der Waals surface area (Å²) in [5, 5.41) is 8.75. The molecule has 4 rings (SSSR count). The number of esters is 1. The van der Waals surface area contributed by atoms with E-state index in [1.807, 2.05) is 48.5 Å². The number of ether oxygens (including phenoxy) is 1. The highest BCUT2D eigenvalue weighted by atomic mass is 35.5. The van der Waals surface area contributed by atoms with Crippen LogP contribution in [0.3, 0.4) is 0 Å². The molecule has 1 fully saturated rings. The van der Waals surface area contributed by atoms with Crippen molar-refractivity contribution >= 4 is 40.0 Å². The number of halogens is 1. The molecule has 2 aromatic carbocycles. The Balaban J connectivity index is 1.71. The van der Waals surface area contributed by atoms with Gasteiger partial charge in [0.25, 0.3) is 0 Å². The second-order valence-electron chi connectivity index (χ2n) is 9.83. The molecule has 3 aromatic rings. The minimum atomic E-state index is -0.387. The maximum absolute atomic E-state index is 13.1. The molecular formula is C27H33ClN4O2. The van der Waals surface area contributed by atoms with Crippen LogP contribution >= 0.6 is 11.6 Å². The zero-order chi connectivity index (χ0) is 24.3. The quantitative estimate of drug-likeness (QED) is 0.445. The van der Waals surface area contributed by atoms with E-state index in [1.165, 1.54) is 7.11 Å². The maximum Gasteiger partial charge on any atom is 0.343 e. The number of carbonyl (C=O) groups excluding carboxylic acids is 1. The number of methoxy groups -OCH3 is 1. The Morgan fingerprint density at radius 1 is 1.12 bits per heavy atom. The molecule has 0 aliphatic carbocycles. The molecule has 0 saturated carbocycles. The van der Waals surface area contributed by atoms with Crippen molar-refractivity contribution < 1.29 is 9.53 Å². The number of hydrogen-bond acceptors (Lipinski definition) is 6. The third-order valence-corrected chi connectivity index (χ3v) is 6.33. The summed E-state index contributed by atoms with van der Waals surface area (Å²) in [6.07, 6.45) is 2.00. The zero-order valence-electron chi connectivity index (χ0n) is 20.3. The average Bonchev–Trinajstić information content (AvgIpc) is 2.82. The first kappa shape index (κ1) is 24.3. The summed E-state index contributed by atoms with van der Waals surface area (Å²) in [6, 6.07) is 16.1. The number of benzene rings is 2. The number of carbonyl (C=O) groups is 1. The van der Waals surface area contributed by atoms with Crippen LogP contribution in [-0.4, -0.2) is 42.7 Å².